The van der Waals surface area contributed by atoms with Crippen LogP contribution < -0.4 is 5.73 Å². The third-order valence-electron chi connectivity index (χ3n) is 4.51. The van der Waals surface area contributed by atoms with Crippen LogP contribution in [0, 0.1) is 0 Å². The molecule has 19 heavy (non-hydrogen) atoms. The van der Waals surface area contributed by atoms with E-state index in [0.29, 0.717) is 6.54 Å². The Morgan fingerprint density at radius 1 is 1.37 bits per heavy atom. The van der Waals surface area contributed by atoms with Crippen LogP contribution in [0.15, 0.2) is 4.52 Å². The summed E-state index contributed by atoms with van der Waals surface area (Å²) >= 11 is 0. The van der Waals surface area contributed by atoms with Crippen LogP contribution in [-0.4, -0.2) is 60.2 Å². The predicted molar refractivity (Wildman–Crippen MR) is 71.7 cm³/mol. The fraction of sp³-hybridized carbons (Fsp3) is 0.846. The lowest BCUT2D eigenvalue weighted by Crippen LogP contribution is -2.31. The van der Waals surface area contributed by atoms with Crippen molar-refractivity contribution in [2.45, 2.75) is 30.7 Å². The van der Waals surface area contributed by atoms with Crippen LogP contribution in [-0.2, 0) is 5.41 Å². The standard InChI is InChI=1S/C13H23N5O/c1-17-6-3-7-18(2)10(8-17)11-15-12(19-16-11)13(9-14)4-5-13/h10H,3-9,14H2,1-2H3. The number of nitrogens with zero attached hydrogens (tertiary/aromatic N) is 4. The Hall–Kier alpha value is -0.980. The number of likely N-dealkylation sites (N-methyl/N-ethyl adjacent to an activating group) is 2. The van der Waals surface area contributed by atoms with E-state index in [1.165, 1.54) is 6.42 Å². The van der Waals surface area contributed by atoms with Gasteiger partial charge >= 0.3 is 0 Å². The molecular weight excluding hydrogens is 242 g/mol. The molecule has 1 atom stereocenters. The summed E-state index contributed by atoms with van der Waals surface area (Å²) in [4.78, 5) is 9.29. The molecule has 0 spiro atoms. The maximum Gasteiger partial charge on any atom is 0.234 e. The molecule has 0 bridgehead atoms. The Balaban J connectivity index is 1.81. The van der Waals surface area contributed by atoms with Gasteiger partial charge in [-0.2, -0.15) is 4.98 Å². The molecule has 2 heterocycles. The second-order valence-corrected chi connectivity index (χ2v) is 6.05. The van der Waals surface area contributed by atoms with Gasteiger partial charge in [0.1, 0.15) is 0 Å². The monoisotopic (exact) mass is 265 g/mol. The molecule has 0 amide bonds. The molecule has 0 radical (unpaired) electrons. The number of rotatable bonds is 3. The lowest BCUT2D eigenvalue weighted by Gasteiger charge is -2.24. The van der Waals surface area contributed by atoms with E-state index in [-0.39, 0.29) is 11.5 Å². The van der Waals surface area contributed by atoms with Crippen molar-refractivity contribution in [1.82, 2.24) is 19.9 Å². The lowest BCUT2D eigenvalue weighted by atomic mass is 10.1. The highest BCUT2D eigenvalue weighted by molar-refractivity contribution is 5.17. The van der Waals surface area contributed by atoms with Crippen molar-refractivity contribution >= 4 is 0 Å². The molecule has 1 aliphatic carbocycles. The first-order chi connectivity index (χ1) is 9.14. The Bertz CT molecular complexity index is 442. The topological polar surface area (TPSA) is 71.4 Å². The molecule has 106 valence electrons. The summed E-state index contributed by atoms with van der Waals surface area (Å²) < 4.78 is 5.47. The average Bonchev–Trinajstić information content (AvgIpc) is 3.09. The van der Waals surface area contributed by atoms with Gasteiger partial charge in [0, 0.05) is 13.1 Å². The molecule has 1 saturated carbocycles. The molecule has 6 nitrogen and oxygen atoms in total. The van der Waals surface area contributed by atoms with Gasteiger partial charge in [-0.3, -0.25) is 4.90 Å². The van der Waals surface area contributed by atoms with Gasteiger partial charge in [-0.25, -0.2) is 0 Å². The third-order valence-corrected chi connectivity index (χ3v) is 4.51. The third kappa shape index (κ3) is 2.40. The van der Waals surface area contributed by atoms with Crippen molar-refractivity contribution in [3.8, 4) is 0 Å². The summed E-state index contributed by atoms with van der Waals surface area (Å²) in [5, 5.41) is 4.21. The quantitative estimate of drug-likeness (QED) is 0.851. The maximum absolute atomic E-state index is 5.82. The van der Waals surface area contributed by atoms with Gasteiger partial charge in [0.15, 0.2) is 5.82 Å². The van der Waals surface area contributed by atoms with Gasteiger partial charge in [-0.15, -0.1) is 0 Å². The van der Waals surface area contributed by atoms with E-state index < -0.39 is 0 Å². The second-order valence-electron chi connectivity index (χ2n) is 6.05. The van der Waals surface area contributed by atoms with Gasteiger partial charge in [0.25, 0.3) is 0 Å². The molecule has 2 aliphatic rings. The van der Waals surface area contributed by atoms with Gasteiger partial charge in [-0.05, 0) is 46.4 Å². The van der Waals surface area contributed by atoms with Crippen molar-refractivity contribution in [1.29, 1.82) is 0 Å². The molecule has 1 saturated heterocycles. The molecule has 0 aromatic carbocycles. The first-order valence-corrected chi connectivity index (χ1v) is 7.07. The molecule has 2 fully saturated rings. The molecular formula is C13H23N5O. The van der Waals surface area contributed by atoms with Crippen molar-refractivity contribution in [2.75, 3.05) is 40.3 Å². The zero-order chi connectivity index (χ0) is 13.5. The minimum Gasteiger partial charge on any atom is -0.339 e. The maximum atomic E-state index is 5.82. The van der Waals surface area contributed by atoms with Crippen LogP contribution >= 0.6 is 0 Å². The Labute approximate surface area is 113 Å². The lowest BCUT2D eigenvalue weighted by molar-refractivity contribution is 0.214. The summed E-state index contributed by atoms with van der Waals surface area (Å²) in [6.45, 7) is 3.75. The van der Waals surface area contributed by atoms with Crippen LogP contribution in [0.3, 0.4) is 0 Å². The summed E-state index contributed by atoms with van der Waals surface area (Å²) in [6.07, 6.45) is 3.33. The highest BCUT2D eigenvalue weighted by Gasteiger charge is 2.48. The minimum atomic E-state index is -0.0134. The number of hydrogen-bond donors (Lipinski definition) is 1. The van der Waals surface area contributed by atoms with Crippen molar-refractivity contribution in [2.24, 2.45) is 5.73 Å². The normalized spacial score (nSPS) is 28.3. The number of nitrogens with two attached hydrogens (primary N) is 1. The Morgan fingerprint density at radius 2 is 2.16 bits per heavy atom. The molecule has 2 N–H and O–H groups in total. The molecule has 1 aliphatic heterocycles. The largest absolute Gasteiger partial charge is 0.339 e. The van der Waals surface area contributed by atoms with Crippen LogP contribution in [0.25, 0.3) is 0 Å². The molecule has 1 unspecified atom stereocenters. The van der Waals surface area contributed by atoms with Gasteiger partial charge in [-0.1, -0.05) is 5.16 Å². The first kappa shape index (κ1) is 13.0. The zero-order valence-corrected chi connectivity index (χ0v) is 11.8. The fourth-order valence-corrected chi connectivity index (χ4v) is 2.79. The van der Waals surface area contributed by atoms with Crippen LogP contribution in [0.2, 0.25) is 0 Å². The summed E-state index contributed by atoms with van der Waals surface area (Å²) in [6, 6.07) is 0.221. The van der Waals surface area contributed by atoms with E-state index in [1.807, 2.05) is 0 Å². The fourth-order valence-electron chi connectivity index (χ4n) is 2.79. The van der Waals surface area contributed by atoms with Gasteiger partial charge < -0.3 is 15.2 Å². The van der Waals surface area contributed by atoms with Gasteiger partial charge in [0.2, 0.25) is 5.89 Å². The Morgan fingerprint density at radius 3 is 2.84 bits per heavy atom. The minimum absolute atomic E-state index is 0.0134. The second kappa shape index (κ2) is 4.85. The number of hydrogen-bond acceptors (Lipinski definition) is 6. The highest BCUT2D eigenvalue weighted by atomic mass is 16.5. The zero-order valence-electron chi connectivity index (χ0n) is 11.8. The van der Waals surface area contributed by atoms with Crippen molar-refractivity contribution in [3.63, 3.8) is 0 Å². The van der Waals surface area contributed by atoms with E-state index in [1.54, 1.807) is 0 Å². The molecule has 1 aromatic rings. The summed E-state index contributed by atoms with van der Waals surface area (Å²) in [7, 11) is 4.28. The summed E-state index contributed by atoms with van der Waals surface area (Å²) in [5.41, 5.74) is 5.80. The van der Waals surface area contributed by atoms with Gasteiger partial charge in [0.05, 0.1) is 11.5 Å². The smallest absolute Gasteiger partial charge is 0.234 e. The molecule has 1 aromatic heterocycles. The van der Waals surface area contributed by atoms with Crippen molar-refractivity contribution < 1.29 is 4.52 Å². The first-order valence-electron chi connectivity index (χ1n) is 7.07. The van der Waals surface area contributed by atoms with E-state index in [2.05, 4.69) is 34.0 Å². The van der Waals surface area contributed by atoms with E-state index in [9.17, 15) is 0 Å². The van der Waals surface area contributed by atoms with Crippen molar-refractivity contribution in [3.05, 3.63) is 11.7 Å². The molecule has 3 rings (SSSR count). The predicted octanol–water partition coefficient (Wildman–Crippen LogP) is 0.368. The van der Waals surface area contributed by atoms with Crippen LogP contribution in [0.1, 0.15) is 37.0 Å². The van der Waals surface area contributed by atoms with Crippen LogP contribution in [0.4, 0.5) is 0 Å². The Kier molecular flexibility index (Phi) is 3.32. The van der Waals surface area contributed by atoms with E-state index >= 15 is 0 Å². The van der Waals surface area contributed by atoms with E-state index in [0.717, 1.165) is 44.2 Å². The summed E-state index contributed by atoms with van der Waals surface area (Å²) in [5.74, 6) is 1.55. The highest BCUT2D eigenvalue weighted by Crippen LogP contribution is 2.46. The SMILES string of the molecule is CN1CCCN(C)C(c2noc(C3(CN)CC3)n2)C1. The number of aromatic nitrogens is 2. The van der Waals surface area contributed by atoms with Crippen LogP contribution in [0.5, 0.6) is 0 Å². The molecule has 6 heteroatoms. The van der Waals surface area contributed by atoms with E-state index in [4.69, 9.17) is 10.3 Å². The average molecular weight is 265 g/mol.